The molecule has 2 aromatic carbocycles. The summed E-state index contributed by atoms with van der Waals surface area (Å²) in [5.41, 5.74) is 2.03. The number of hydrogen-bond donors (Lipinski definition) is 1. The molecule has 0 aliphatic rings. The molecule has 0 bridgehead atoms. The van der Waals surface area contributed by atoms with Gasteiger partial charge in [-0.1, -0.05) is 47.5 Å². The van der Waals surface area contributed by atoms with Crippen molar-refractivity contribution in [1.82, 2.24) is 4.57 Å². The Kier molecular flexibility index (Phi) is 4.42. The molecule has 1 heterocycles. The summed E-state index contributed by atoms with van der Waals surface area (Å²) in [6.07, 6.45) is 1.71. The molecule has 0 saturated carbocycles. The summed E-state index contributed by atoms with van der Waals surface area (Å²) in [6, 6.07) is 15.9. The van der Waals surface area contributed by atoms with Crippen molar-refractivity contribution in [1.29, 1.82) is 0 Å². The lowest BCUT2D eigenvalue weighted by atomic mass is 10.1. The van der Waals surface area contributed by atoms with E-state index in [-0.39, 0.29) is 5.75 Å². The molecule has 0 radical (unpaired) electrons. The van der Waals surface area contributed by atoms with Crippen LogP contribution in [0, 0.1) is 0 Å². The highest BCUT2D eigenvalue weighted by molar-refractivity contribution is 6.31. The van der Waals surface area contributed by atoms with E-state index in [0.29, 0.717) is 16.6 Å². The van der Waals surface area contributed by atoms with Gasteiger partial charge in [0.15, 0.2) is 5.75 Å². The van der Waals surface area contributed by atoms with Gasteiger partial charge < -0.3 is 9.67 Å². The third-order valence-corrected chi connectivity index (χ3v) is 3.98. The Morgan fingerprint density at radius 3 is 2.35 bits per heavy atom. The average Bonchev–Trinajstić information content (AvgIpc) is 2.53. The van der Waals surface area contributed by atoms with E-state index in [1.54, 1.807) is 30.5 Å². The quantitative estimate of drug-likeness (QED) is 0.755. The maximum absolute atomic E-state index is 12.2. The van der Waals surface area contributed by atoms with Gasteiger partial charge in [-0.15, -0.1) is 0 Å². The van der Waals surface area contributed by atoms with Gasteiger partial charge in [-0.05, 0) is 41.5 Å². The fraction of sp³-hybridized carbons (Fsp3) is 0.0556. The molecule has 116 valence electrons. The maximum Gasteiger partial charge on any atom is 0.292 e. The molecule has 0 aliphatic carbocycles. The molecule has 1 N–H and O–H groups in total. The first-order valence-corrected chi connectivity index (χ1v) is 7.72. The van der Waals surface area contributed by atoms with E-state index in [1.807, 2.05) is 24.3 Å². The summed E-state index contributed by atoms with van der Waals surface area (Å²) in [5.74, 6) is -0.295. The first kappa shape index (κ1) is 15.7. The van der Waals surface area contributed by atoms with Gasteiger partial charge in [-0.3, -0.25) is 4.79 Å². The lowest BCUT2D eigenvalue weighted by molar-refractivity contribution is 0.459. The van der Waals surface area contributed by atoms with Gasteiger partial charge in [0.1, 0.15) is 0 Å². The molecule has 0 amide bonds. The SMILES string of the molecule is O=c1c(O)cc(-c2cccc(Cl)c2)cn1Cc1ccc(Cl)cc1. The van der Waals surface area contributed by atoms with Crippen molar-refractivity contribution in [2.24, 2.45) is 0 Å². The molecule has 5 heteroatoms. The van der Waals surface area contributed by atoms with Gasteiger partial charge in [-0.2, -0.15) is 0 Å². The summed E-state index contributed by atoms with van der Waals surface area (Å²) in [6.45, 7) is 0.345. The minimum atomic E-state index is -0.439. The smallest absolute Gasteiger partial charge is 0.292 e. The summed E-state index contributed by atoms with van der Waals surface area (Å²) in [5, 5.41) is 11.2. The van der Waals surface area contributed by atoms with Crippen molar-refractivity contribution in [3.8, 4) is 16.9 Å². The van der Waals surface area contributed by atoms with Crippen LogP contribution in [0.2, 0.25) is 10.0 Å². The second-order valence-corrected chi connectivity index (χ2v) is 6.06. The van der Waals surface area contributed by atoms with Crippen LogP contribution >= 0.6 is 23.2 Å². The van der Waals surface area contributed by atoms with Gasteiger partial charge in [0.2, 0.25) is 0 Å². The van der Waals surface area contributed by atoms with Crippen molar-refractivity contribution in [2.45, 2.75) is 6.54 Å². The normalized spacial score (nSPS) is 10.7. The molecule has 0 atom stereocenters. The number of benzene rings is 2. The van der Waals surface area contributed by atoms with Crippen LogP contribution in [0.25, 0.3) is 11.1 Å². The van der Waals surface area contributed by atoms with E-state index >= 15 is 0 Å². The fourth-order valence-electron chi connectivity index (χ4n) is 2.35. The number of pyridine rings is 1. The number of aromatic nitrogens is 1. The minimum Gasteiger partial charge on any atom is -0.503 e. The van der Waals surface area contributed by atoms with Crippen LogP contribution in [0.15, 0.2) is 65.6 Å². The lowest BCUT2D eigenvalue weighted by Gasteiger charge is -2.10. The zero-order chi connectivity index (χ0) is 16.4. The Morgan fingerprint density at radius 2 is 1.65 bits per heavy atom. The third-order valence-electron chi connectivity index (χ3n) is 3.49. The molecule has 0 fully saturated rings. The second-order valence-electron chi connectivity index (χ2n) is 5.18. The number of nitrogens with zero attached hydrogens (tertiary/aromatic N) is 1. The van der Waals surface area contributed by atoms with Gasteiger partial charge in [0.05, 0.1) is 6.54 Å². The Hall–Kier alpha value is -2.23. The molecular weight excluding hydrogens is 333 g/mol. The molecule has 0 saturated heterocycles. The van der Waals surface area contributed by atoms with E-state index < -0.39 is 5.56 Å². The first-order chi connectivity index (χ1) is 11.0. The van der Waals surface area contributed by atoms with Crippen LogP contribution in [0.5, 0.6) is 5.75 Å². The van der Waals surface area contributed by atoms with E-state index in [0.717, 1.165) is 16.7 Å². The molecule has 0 aliphatic heterocycles. The van der Waals surface area contributed by atoms with Crippen LogP contribution in [0.4, 0.5) is 0 Å². The largest absolute Gasteiger partial charge is 0.503 e. The monoisotopic (exact) mass is 345 g/mol. The predicted octanol–water partition coefficient (Wildman–Crippen LogP) is 4.58. The average molecular weight is 346 g/mol. The Bertz CT molecular complexity index is 902. The summed E-state index contributed by atoms with van der Waals surface area (Å²) in [7, 11) is 0. The Balaban J connectivity index is 2.03. The molecule has 0 spiro atoms. The predicted molar refractivity (Wildman–Crippen MR) is 93.4 cm³/mol. The second kappa shape index (κ2) is 6.49. The molecular formula is C18H13Cl2NO2. The molecule has 1 aromatic heterocycles. The summed E-state index contributed by atoms with van der Waals surface area (Å²) >= 11 is 11.9. The fourth-order valence-corrected chi connectivity index (χ4v) is 2.67. The van der Waals surface area contributed by atoms with Crippen LogP contribution in [0.1, 0.15) is 5.56 Å². The van der Waals surface area contributed by atoms with E-state index in [1.165, 1.54) is 10.6 Å². The highest BCUT2D eigenvalue weighted by Gasteiger charge is 2.08. The van der Waals surface area contributed by atoms with E-state index in [9.17, 15) is 9.90 Å². The van der Waals surface area contributed by atoms with Crippen molar-refractivity contribution in [3.63, 3.8) is 0 Å². The molecule has 23 heavy (non-hydrogen) atoms. The van der Waals surface area contributed by atoms with E-state index in [4.69, 9.17) is 23.2 Å². The first-order valence-electron chi connectivity index (χ1n) is 6.97. The topological polar surface area (TPSA) is 42.2 Å². The third kappa shape index (κ3) is 3.58. The van der Waals surface area contributed by atoms with Crippen molar-refractivity contribution in [2.75, 3.05) is 0 Å². The molecule has 3 nitrogen and oxygen atoms in total. The van der Waals surface area contributed by atoms with Crippen LogP contribution in [0.3, 0.4) is 0 Å². The summed E-state index contributed by atoms with van der Waals surface area (Å²) in [4.78, 5) is 12.2. The zero-order valence-electron chi connectivity index (χ0n) is 12.0. The maximum atomic E-state index is 12.2. The van der Waals surface area contributed by atoms with E-state index in [2.05, 4.69) is 0 Å². The number of halogens is 2. The molecule has 3 rings (SSSR count). The van der Waals surface area contributed by atoms with Gasteiger partial charge in [0.25, 0.3) is 5.56 Å². The van der Waals surface area contributed by atoms with Gasteiger partial charge in [-0.25, -0.2) is 0 Å². The minimum absolute atomic E-state index is 0.295. The van der Waals surface area contributed by atoms with Crippen LogP contribution in [-0.2, 0) is 6.54 Å². The molecule has 0 unspecified atom stereocenters. The Labute approximate surface area is 143 Å². The van der Waals surface area contributed by atoms with Crippen molar-refractivity contribution < 1.29 is 5.11 Å². The molecule has 3 aromatic rings. The highest BCUT2D eigenvalue weighted by atomic mass is 35.5. The van der Waals surface area contributed by atoms with Crippen LogP contribution in [-0.4, -0.2) is 9.67 Å². The summed E-state index contributed by atoms with van der Waals surface area (Å²) < 4.78 is 1.47. The number of rotatable bonds is 3. The highest BCUT2D eigenvalue weighted by Crippen LogP contribution is 2.24. The number of aromatic hydroxyl groups is 1. The van der Waals surface area contributed by atoms with Gasteiger partial charge in [0, 0.05) is 21.8 Å². The van der Waals surface area contributed by atoms with Crippen LogP contribution < -0.4 is 5.56 Å². The van der Waals surface area contributed by atoms with Gasteiger partial charge >= 0.3 is 0 Å². The number of hydrogen-bond acceptors (Lipinski definition) is 2. The Morgan fingerprint density at radius 1 is 0.913 bits per heavy atom. The van der Waals surface area contributed by atoms with Crippen molar-refractivity contribution in [3.05, 3.63) is 86.8 Å². The lowest BCUT2D eigenvalue weighted by Crippen LogP contribution is -2.19. The zero-order valence-corrected chi connectivity index (χ0v) is 13.6. The van der Waals surface area contributed by atoms with Crippen molar-refractivity contribution >= 4 is 23.2 Å². The standard InChI is InChI=1S/C18H13Cl2NO2/c19-15-6-4-12(5-7-15)10-21-11-14(9-17(22)18(21)23)13-2-1-3-16(20)8-13/h1-9,11,22H,10H2.